The number of rotatable bonds is 2. The van der Waals surface area contributed by atoms with Crippen molar-refractivity contribution in [2.45, 2.75) is 6.92 Å². The van der Waals surface area contributed by atoms with Crippen molar-refractivity contribution in [2.24, 2.45) is 0 Å². The molecule has 1 heterocycles. The standard InChI is InChI=1S/C13H11BrN2O3/c1-8-3-2-4-9(7-8)12(17)15-16-13(18)10-5-6-11(14)19-10/h2-7H,1H3,(H,15,17)(H,16,18). The van der Waals surface area contributed by atoms with Crippen molar-refractivity contribution in [3.05, 3.63) is 58.0 Å². The van der Waals surface area contributed by atoms with Gasteiger partial charge in [0.25, 0.3) is 5.91 Å². The molecular formula is C13H11BrN2O3. The van der Waals surface area contributed by atoms with E-state index >= 15 is 0 Å². The second-order valence-corrected chi connectivity index (χ2v) is 4.66. The Labute approximate surface area is 118 Å². The largest absolute Gasteiger partial charge is 0.444 e. The molecule has 0 aliphatic heterocycles. The molecule has 0 spiro atoms. The van der Waals surface area contributed by atoms with Gasteiger partial charge in [-0.1, -0.05) is 17.7 Å². The zero-order chi connectivity index (χ0) is 13.8. The van der Waals surface area contributed by atoms with Crippen LogP contribution in [0.25, 0.3) is 0 Å². The van der Waals surface area contributed by atoms with Gasteiger partial charge < -0.3 is 4.42 Å². The molecule has 0 saturated heterocycles. The summed E-state index contributed by atoms with van der Waals surface area (Å²) in [6.07, 6.45) is 0. The monoisotopic (exact) mass is 322 g/mol. The van der Waals surface area contributed by atoms with Gasteiger partial charge in [-0.25, -0.2) is 0 Å². The number of amides is 2. The molecule has 0 saturated carbocycles. The van der Waals surface area contributed by atoms with Crippen LogP contribution in [0.15, 0.2) is 45.5 Å². The first-order valence-electron chi connectivity index (χ1n) is 5.49. The Bertz CT molecular complexity index is 622. The Morgan fingerprint density at radius 1 is 1.11 bits per heavy atom. The SMILES string of the molecule is Cc1cccc(C(=O)NNC(=O)c2ccc(Br)o2)c1. The average Bonchev–Trinajstić information content (AvgIpc) is 2.82. The molecule has 0 atom stereocenters. The number of hydrogen-bond donors (Lipinski definition) is 2. The number of nitrogens with one attached hydrogen (secondary N) is 2. The van der Waals surface area contributed by atoms with Crippen LogP contribution in [-0.4, -0.2) is 11.8 Å². The van der Waals surface area contributed by atoms with Crippen molar-refractivity contribution in [2.75, 3.05) is 0 Å². The number of carbonyl (C=O) groups is 2. The van der Waals surface area contributed by atoms with Crippen LogP contribution in [0.3, 0.4) is 0 Å². The predicted molar refractivity (Wildman–Crippen MR) is 72.5 cm³/mol. The molecule has 0 unspecified atom stereocenters. The van der Waals surface area contributed by atoms with Crippen molar-refractivity contribution in [1.82, 2.24) is 10.9 Å². The number of hydrazine groups is 1. The number of hydrogen-bond acceptors (Lipinski definition) is 3. The second-order valence-electron chi connectivity index (χ2n) is 3.88. The third-order valence-corrected chi connectivity index (χ3v) is 2.79. The summed E-state index contributed by atoms with van der Waals surface area (Å²) in [7, 11) is 0. The Kier molecular flexibility index (Phi) is 4.01. The van der Waals surface area contributed by atoms with Crippen LogP contribution in [0.5, 0.6) is 0 Å². The van der Waals surface area contributed by atoms with Gasteiger partial charge in [0.15, 0.2) is 10.4 Å². The summed E-state index contributed by atoms with van der Waals surface area (Å²) in [5.74, 6) is -0.800. The first kappa shape index (κ1) is 13.4. The van der Waals surface area contributed by atoms with Gasteiger partial charge in [-0.15, -0.1) is 0 Å². The molecule has 2 rings (SSSR count). The lowest BCUT2D eigenvalue weighted by molar-refractivity contribution is 0.0830. The summed E-state index contributed by atoms with van der Waals surface area (Å²) in [5.41, 5.74) is 6.04. The van der Waals surface area contributed by atoms with Crippen LogP contribution in [0, 0.1) is 6.92 Å². The summed E-state index contributed by atoms with van der Waals surface area (Å²) in [6.45, 7) is 1.88. The topological polar surface area (TPSA) is 71.3 Å². The summed E-state index contributed by atoms with van der Waals surface area (Å²) in [6, 6.07) is 10.1. The van der Waals surface area contributed by atoms with Crippen molar-refractivity contribution in [3.63, 3.8) is 0 Å². The number of benzene rings is 1. The highest BCUT2D eigenvalue weighted by Crippen LogP contribution is 2.13. The van der Waals surface area contributed by atoms with Gasteiger partial charge in [0.05, 0.1) is 0 Å². The zero-order valence-corrected chi connectivity index (χ0v) is 11.7. The maximum absolute atomic E-state index is 11.8. The Morgan fingerprint density at radius 3 is 2.47 bits per heavy atom. The zero-order valence-electron chi connectivity index (χ0n) is 10.1. The first-order chi connectivity index (χ1) is 9.06. The molecule has 2 N–H and O–H groups in total. The van der Waals surface area contributed by atoms with E-state index in [0.29, 0.717) is 10.2 Å². The molecule has 2 aromatic rings. The van der Waals surface area contributed by atoms with Crippen LogP contribution in [-0.2, 0) is 0 Å². The molecule has 0 fully saturated rings. The molecule has 2 amide bonds. The minimum absolute atomic E-state index is 0.108. The lowest BCUT2D eigenvalue weighted by atomic mass is 10.1. The van der Waals surface area contributed by atoms with E-state index in [2.05, 4.69) is 26.8 Å². The Hall–Kier alpha value is -2.08. The van der Waals surface area contributed by atoms with E-state index in [-0.39, 0.29) is 11.7 Å². The number of aryl methyl sites for hydroxylation is 1. The van der Waals surface area contributed by atoms with Gasteiger partial charge in [-0.2, -0.15) is 0 Å². The average molecular weight is 323 g/mol. The van der Waals surface area contributed by atoms with E-state index in [1.54, 1.807) is 24.3 Å². The minimum Gasteiger partial charge on any atom is -0.444 e. The van der Waals surface area contributed by atoms with Crippen LogP contribution >= 0.6 is 15.9 Å². The summed E-state index contributed by atoms with van der Waals surface area (Å²) < 4.78 is 5.50. The number of furan rings is 1. The highest BCUT2D eigenvalue weighted by Gasteiger charge is 2.12. The molecule has 98 valence electrons. The molecular weight excluding hydrogens is 312 g/mol. The van der Waals surface area contributed by atoms with Gasteiger partial charge in [-0.05, 0) is 47.1 Å². The van der Waals surface area contributed by atoms with Crippen LogP contribution in [0.2, 0.25) is 0 Å². The lowest BCUT2D eigenvalue weighted by Gasteiger charge is -2.06. The summed E-state index contributed by atoms with van der Waals surface area (Å²) >= 11 is 3.09. The fourth-order valence-corrected chi connectivity index (χ4v) is 1.78. The first-order valence-corrected chi connectivity index (χ1v) is 6.28. The van der Waals surface area contributed by atoms with E-state index in [0.717, 1.165) is 5.56 Å². The van der Waals surface area contributed by atoms with Gasteiger partial charge in [-0.3, -0.25) is 20.4 Å². The van der Waals surface area contributed by atoms with Crippen molar-refractivity contribution >= 4 is 27.7 Å². The van der Waals surface area contributed by atoms with Gasteiger partial charge in [0.1, 0.15) is 0 Å². The Morgan fingerprint density at radius 2 is 1.84 bits per heavy atom. The van der Waals surface area contributed by atoms with Crippen molar-refractivity contribution < 1.29 is 14.0 Å². The predicted octanol–water partition coefficient (Wildman–Crippen LogP) is 2.43. The molecule has 0 bridgehead atoms. The molecule has 1 aromatic heterocycles. The third kappa shape index (κ3) is 3.45. The van der Waals surface area contributed by atoms with E-state index < -0.39 is 5.91 Å². The summed E-state index contributed by atoms with van der Waals surface area (Å²) in [5, 5.41) is 0. The van der Waals surface area contributed by atoms with E-state index in [1.807, 2.05) is 13.0 Å². The summed E-state index contributed by atoms with van der Waals surface area (Å²) in [4.78, 5) is 23.4. The van der Waals surface area contributed by atoms with Crippen molar-refractivity contribution in [3.8, 4) is 0 Å². The smallest absolute Gasteiger partial charge is 0.305 e. The fourth-order valence-electron chi connectivity index (χ4n) is 1.47. The van der Waals surface area contributed by atoms with Crippen LogP contribution < -0.4 is 10.9 Å². The number of carbonyl (C=O) groups excluding carboxylic acids is 2. The van der Waals surface area contributed by atoms with Gasteiger partial charge >= 0.3 is 5.91 Å². The fraction of sp³-hybridized carbons (Fsp3) is 0.0769. The molecule has 0 radical (unpaired) electrons. The van der Waals surface area contributed by atoms with Crippen LogP contribution in [0.1, 0.15) is 26.5 Å². The minimum atomic E-state index is -0.522. The third-order valence-electron chi connectivity index (χ3n) is 2.37. The molecule has 0 aliphatic rings. The molecule has 1 aromatic carbocycles. The van der Waals surface area contributed by atoms with E-state index in [9.17, 15) is 9.59 Å². The molecule has 19 heavy (non-hydrogen) atoms. The lowest BCUT2D eigenvalue weighted by Crippen LogP contribution is -2.41. The Balaban J connectivity index is 1.95. The van der Waals surface area contributed by atoms with Crippen molar-refractivity contribution in [1.29, 1.82) is 0 Å². The second kappa shape index (κ2) is 5.71. The van der Waals surface area contributed by atoms with E-state index in [1.165, 1.54) is 6.07 Å². The van der Waals surface area contributed by atoms with Crippen LogP contribution in [0.4, 0.5) is 0 Å². The number of halogens is 1. The highest BCUT2D eigenvalue weighted by atomic mass is 79.9. The van der Waals surface area contributed by atoms with Gasteiger partial charge in [0.2, 0.25) is 0 Å². The van der Waals surface area contributed by atoms with Gasteiger partial charge in [0, 0.05) is 5.56 Å². The van der Waals surface area contributed by atoms with E-state index in [4.69, 9.17) is 4.42 Å². The highest BCUT2D eigenvalue weighted by molar-refractivity contribution is 9.10. The maximum Gasteiger partial charge on any atom is 0.305 e. The quantitative estimate of drug-likeness (QED) is 0.834. The molecule has 5 nitrogen and oxygen atoms in total. The molecule has 0 aliphatic carbocycles. The molecule has 6 heteroatoms. The maximum atomic E-state index is 11.8. The normalized spacial score (nSPS) is 10.0.